The number of hydrogen-bond acceptors (Lipinski definition) is 4. The SMILES string of the molecule is COc1ccc2c(c1)CCC(NCC1CC1)C2C.COc1cccc2c1CCC(N(CC1CC1)CC1CC1)C2C. The van der Waals surface area contributed by atoms with Gasteiger partial charge < -0.3 is 14.8 Å². The van der Waals surface area contributed by atoms with Crippen LogP contribution in [-0.2, 0) is 12.8 Å². The Balaban J connectivity index is 0.000000148. The highest BCUT2D eigenvalue weighted by Gasteiger charge is 2.37. The lowest BCUT2D eigenvalue weighted by atomic mass is 9.79. The first-order valence-electron chi connectivity index (χ1n) is 16.3. The minimum atomic E-state index is 0.624. The number of hydrogen-bond donors (Lipinski definition) is 1. The second kappa shape index (κ2) is 12.4. The molecule has 7 rings (SSSR count). The fourth-order valence-corrected chi connectivity index (χ4v) is 7.39. The standard InChI is InChI=1S/C20H29NO.C16H23NO/c1-14-17-4-3-5-20(22-2)18(17)10-11-19(14)21(12-15-6-7-15)13-16-8-9-16;1-11-15-7-6-14(18-2)9-13(15)5-8-16(11)17-10-12-3-4-12/h3-5,14-16,19H,6-13H2,1-2H3;6-7,9,11-12,16-17H,3-5,8,10H2,1-2H3. The van der Waals surface area contributed by atoms with Gasteiger partial charge in [-0.05, 0) is 141 Å². The van der Waals surface area contributed by atoms with Gasteiger partial charge in [0, 0.05) is 25.2 Å². The zero-order chi connectivity index (χ0) is 27.6. The maximum absolute atomic E-state index is 5.59. The average Bonchev–Trinajstić information content (AvgIpc) is 3.81. The summed E-state index contributed by atoms with van der Waals surface area (Å²) in [6.45, 7) is 8.72. The minimum Gasteiger partial charge on any atom is -0.497 e. The van der Waals surface area contributed by atoms with Crippen LogP contribution < -0.4 is 14.8 Å². The molecule has 3 saturated carbocycles. The normalized spacial score (nSPS) is 27.3. The topological polar surface area (TPSA) is 33.7 Å². The van der Waals surface area contributed by atoms with Crippen molar-refractivity contribution in [3.8, 4) is 11.5 Å². The van der Waals surface area contributed by atoms with Crippen molar-refractivity contribution >= 4 is 0 Å². The van der Waals surface area contributed by atoms with E-state index in [0.717, 1.165) is 35.3 Å². The molecule has 3 fully saturated rings. The van der Waals surface area contributed by atoms with Crippen molar-refractivity contribution in [3.63, 3.8) is 0 Å². The second-order valence-electron chi connectivity index (χ2n) is 13.6. The van der Waals surface area contributed by atoms with Crippen LogP contribution in [0, 0.1) is 17.8 Å². The van der Waals surface area contributed by atoms with Gasteiger partial charge in [-0.2, -0.15) is 0 Å². The van der Waals surface area contributed by atoms with Crippen molar-refractivity contribution in [2.24, 2.45) is 17.8 Å². The van der Waals surface area contributed by atoms with E-state index in [4.69, 9.17) is 9.47 Å². The molecule has 0 amide bonds. The van der Waals surface area contributed by atoms with Crippen molar-refractivity contribution in [1.82, 2.24) is 10.2 Å². The molecule has 4 atom stereocenters. The number of fused-ring (bicyclic) bond motifs is 2. The maximum Gasteiger partial charge on any atom is 0.122 e. The van der Waals surface area contributed by atoms with Crippen molar-refractivity contribution in [2.75, 3.05) is 33.9 Å². The van der Waals surface area contributed by atoms with Crippen LogP contribution in [0.4, 0.5) is 0 Å². The van der Waals surface area contributed by atoms with E-state index < -0.39 is 0 Å². The van der Waals surface area contributed by atoms with Crippen molar-refractivity contribution < 1.29 is 9.47 Å². The molecular weight excluding hydrogens is 492 g/mol. The fourth-order valence-electron chi connectivity index (χ4n) is 7.39. The van der Waals surface area contributed by atoms with Gasteiger partial charge in [0.25, 0.3) is 0 Å². The molecule has 5 aliphatic carbocycles. The molecule has 2 aromatic carbocycles. The predicted octanol–water partition coefficient (Wildman–Crippen LogP) is 7.35. The number of nitrogens with zero attached hydrogens (tertiary/aromatic N) is 1. The van der Waals surface area contributed by atoms with Gasteiger partial charge in [0.2, 0.25) is 0 Å². The average molecular weight is 545 g/mol. The molecule has 218 valence electrons. The molecule has 1 N–H and O–H groups in total. The molecule has 2 aromatic rings. The smallest absolute Gasteiger partial charge is 0.122 e. The number of nitrogens with one attached hydrogen (secondary N) is 1. The van der Waals surface area contributed by atoms with Gasteiger partial charge in [-0.25, -0.2) is 0 Å². The summed E-state index contributed by atoms with van der Waals surface area (Å²) in [5.74, 6) is 6.31. The van der Waals surface area contributed by atoms with E-state index in [-0.39, 0.29) is 0 Å². The molecule has 0 aliphatic heterocycles. The third kappa shape index (κ3) is 6.71. The number of methoxy groups -OCH3 is 2. The molecule has 4 heteroatoms. The number of rotatable bonds is 10. The highest BCUT2D eigenvalue weighted by Crippen LogP contribution is 2.42. The summed E-state index contributed by atoms with van der Waals surface area (Å²) in [5, 5.41) is 3.77. The summed E-state index contributed by atoms with van der Waals surface area (Å²) in [7, 11) is 3.55. The monoisotopic (exact) mass is 544 g/mol. The van der Waals surface area contributed by atoms with E-state index in [1.807, 2.05) is 0 Å². The first-order chi connectivity index (χ1) is 19.5. The second-order valence-corrected chi connectivity index (χ2v) is 13.6. The van der Waals surface area contributed by atoms with Gasteiger partial charge in [-0.1, -0.05) is 32.0 Å². The third-order valence-electron chi connectivity index (χ3n) is 10.5. The Morgan fingerprint density at radius 2 is 1.48 bits per heavy atom. The van der Waals surface area contributed by atoms with E-state index in [2.05, 4.69) is 60.5 Å². The zero-order valence-corrected chi connectivity index (χ0v) is 25.5. The van der Waals surface area contributed by atoms with Crippen LogP contribution >= 0.6 is 0 Å². The summed E-state index contributed by atoms with van der Waals surface area (Å²) in [6, 6.07) is 14.6. The Bertz CT molecular complexity index is 1120. The molecular formula is C36H52N2O2. The lowest BCUT2D eigenvalue weighted by Gasteiger charge is -2.40. The molecule has 0 heterocycles. The van der Waals surface area contributed by atoms with Crippen LogP contribution in [0.15, 0.2) is 36.4 Å². The van der Waals surface area contributed by atoms with Crippen LogP contribution in [0.5, 0.6) is 11.5 Å². The highest BCUT2D eigenvalue weighted by molar-refractivity contribution is 5.44. The molecule has 5 aliphatic rings. The Kier molecular flexibility index (Phi) is 8.74. The molecule has 0 spiro atoms. The summed E-state index contributed by atoms with van der Waals surface area (Å²) < 4.78 is 10.9. The Hall–Kier alpha value is -2.04. The van der Waals surface area contributed by atoms with E-state index in [1.165, 1.54) is 106 Å². The molecule has 0 bridgehead atoms. The first-order valence-corrected chi connectivity index (χ1v) is 16.3. The van der Waals surface area contributed by atoms with Gasteiger partial charge in [0.1, 0.15) is 11.5 Å². The van der Waals surface area contributed by atoms with Crippen LogP contribution in [0.1, 0.15) is 99.3 Å². The quantitative estimate of drug-likeness (QED) is 0.339. The minimum absolute atomic E-state index is 0.624. The summed E-state index contributed by atoms with van der Waals surface area (Å²) in [6.07, 6.45) is 13.6. The van der Waals surface area contributed by atoms with Gasteiger partial charge in [-0.3, -0.25) is 4.90 Å². The van der Waals surface area contributed by atoms with Gasteiger partial charge >= 0.3 is 0 Å². The lowest BCUT2D eigenvalue weighted by molar-refractivity contribution is 0.145. The first kappa shape index (κ1) is 28.1. The van der Waals surface area contributed by atoms with Crippen molar-refractivity contribution in [1.29, 1.82) is 0 Å². The van der Waals surface area contributed by atoms with E-state index >= 15 is 0 Å². The summed E-state index contributed by atoms with van der Waals surface area (Å²) >= 11 is 0. The Morgan fingerprint density at radius 1 is 0.750 bits per heavy atom. The Labute approximate surface area is 243 Å². The molecule has 4 unspecified atom stereocenters. The third-order valence-corrected chi connectivity index (χ3v) is 10.5. The molecule has 4 nitrogen and oxygen atoms in total. The van der Waals surface area contributed by atoms with E-state index in [1.54, 1.807) is 14.2 Å². The molecule has 0 saturated heterocycles. The van der Waals surface area contributed by atoms with Crippen LogP contribution in [0.2, 0.25) is 0 Å². The van der Waals surface area contributed by atoms with Gasteiger partial charge in [0.05, 0.1) is 14.2 Å². The number of ether oxygens (including phenoxy) is 2. The van der Waals surface area contributed by atoms with E-state index in [9.17, 15) is 0 Å². The number of aryl methyl sites for hydroxylation is 1. The predicted molar refractivity (Wildman–Crippen MR) is 165 cm³/mol. The van der Waals surface area contributed by atoms with Gasteiger partial charge in [-0.15, -0.1) is 0 Å². The van der Waals surface area contributed by atoms with E-state index in [0.29, 0.717) is 17.9 Å². The number of benzene rings is 2. The van der Waals surface area contributed by atoms with Crippen molar-refractivity contribution in [3.05, 3.63) is 58.7 Å². The maximum atomic E-state index is 5.59. The lowest BCUT2D eigenvalue weighted by Crippen LogP contribution is -2.43. The van der Waals surface area contributed by atoms with Gasteiger partial charge in [0.15, 0.2) is 0 Å². The van der Waals surface area contributed by atoms with Crippen molar-refractivity contribution in [2.45, 2.75) is 102 Å². The summed E-state index contributed by atoms with van der Waals surface area (Å²) in [4.78, 5) is 2.86. The molecule has 0 aromatic heterocycles. The van der Waals surface area contributed by atoms with Crippen LogP contribution in [0.3, 0.4) is 0 Å². The molecule has 0 radical (unpaired) electrons. The highest BCUT2D eigenvalue weighted by atomic mass is 16.5. The Morgan fingerprint density at radius 3 is 2.12 bits per heavy atom. The fraction of sp³-hybridized carbons (Fsp3) is 0.667. The molecule has 40 heavy (non-hydrogen) atoms. The summed E-state index contributed by atoms with van der Waals surface area (Å²) in [5.41, 5.74) is 5.99. The van der Waals surface area contributed by atoms with Crippen LogP contribution in [0.25, 0.3) is 0 Å². The zero-order valence-electron chi connectivity index (χ0n) is 25.5. The largest absolute Gasteiger partial charge is 0.497 e. The van der Waals surface area contributed by atoms with Crippen LogP contribution in [-0.4, -0.2) is 50.8 Å².